The number of nitrogens with one attached hydrogen (secondary N) is 1. The van der Waals surface area contributed by atoms with Crippen LogP contribution in [-0.2, 0) is 16.1 Å². The lowest BCUT2D eigenvalue weighted by Gasteiger charge is -2.19. The molecule has 1 N–H and O–H groups in total. The second-order valence-electron chi connectivity index (χ2n) is 6.18. The summed E-state index contributed by atoms with van der Waals surface area (Å²) in [5.74, 6) is -0.713. The third-order valence-electron chi connectivity index (χ3n) is 4.40. The summed E-state index contributed by atoms with van der Waals surface area (Å²) in [6.07, 6.45) is 1.24. The molecule has 1 aliphatic heterocycles. The Bertz CT molecular complexity index is 880. The van der Waals surface area contributed by atoms with Crippen molar-refractivity contribution in [1.82, 2.24) is 5.32 Å². The van der Waals surface area contributed by atoms with E-state index in [0.717, 1.165) is 12.0 Å². The van der Waals surface area contributed by atoms with Crippen molar-refractivity contribution in [2.24, 2.45) is 0 Å². The fraction of sp³-hybridized carbons (Fsp3) is 0.250. The minimum atomic E-state index is -0.410. The Morgan fingerprint density at radius 3 is 2.56 bits per heavy atom. The molecule has 6 nitrogen and oxygen atoms in total. The molecule has 1 aliphatic rings. The van der Waals surface area contributed by atoms with Gasteiger partial charge in [0.05, 0.1) is 23.9 Å². The first kappa shape index (κ1) is 18.9. The fourth-order valence-corrected chi connectivity index (χ4v) is 3.14. The number of benzene rings is 2. The van der Waals surface area contributed by atoms with Crippen molar-refractivity contribution in [3.63, 3.8) is 0 Å². The van der Waals surface area contributed by atoms with Gasteiger partial charge in [-0.2, -0.15) is 0 Å². The van der Waals surface area contributed by atoms with E-state index in [1.54, 1.807) is 47.4 Å². The summed E-state index contributed by atoms with van der Waals surface area (Å²) in [5, 5.41) is 3.31. The molecule has 27 heavy (non-hydrogen) atoms. The smallest absolute Gasteiger partial charge is 0.337 e. The summed E-state index contributed by atoms with van der Waals surface area (Å²) < 4.78 is 4.66. The highest BCUT2D eigenvalue weighted by atomic mass is 35.5. The Balaban J connectivity index is 1.73. The van der Waals surface area contributed by atoms with Crippen molar-refractivity contribution >= 4 is 35.1 Å². The van der Waals surface area contributed by atoms with Gasteiger partial charge in [-0.15, -0.1) is 0 Å². The maximum absolute atomic E-state index is 12.7. The highest BCUT2D eigenvalue weighted by Crippen LogP contribution is 2.28. The molecule has 1 heterocycles. The highest BCUT2D eigenvalue weighted by molar-refractivity contribution is 6.31. The Morgan fingerprint density at radius 2 is 1.93 bits per heavy atom. The van der Waals surface area contributed by atoms with E-state index in [4.69, 9.17) is 11.6 Å². The van der Waals surface area contributed by atoms with Crippen LogP contribution < -0.4 is 10.2 Å². The van der Waals surface area contributed by atoms with E-state index in [-0.39, 0.29) is 18.4 Å². The van der Waals surface area contributed by atoms with Crippen LogP contribution >= 0.6 is 11.6 Å². The third kappa shape index (κ3) is 4.28. The molecule has 0 unspecified atom stereocenters. The van der Waals surface area contributed by atoms with Crippen LogP contribution in [0.1, 0.15) is 39.1 Å². The van der Waals surface area contributed by atoms with Crippen LogP contribution in [0.3, 0.4) is 0 Å². The van der Waals surface area contributed by atoms with Crippen LogP contribution in [0.4, 0.5) is 5.69 Å². The average molecular weight is 387 g/mol. The van der Waals surface area contributed by atoms with E-state index < -0.39 is 5.97 Å². The van der Waals surface area contributed by atoms with Gasteiger partial charge in [0.25, 0.3) is 5.91 Å². The predicted octanol–water partition coefficient (Wildman–Crippen LogP) is 3.18. The number of carbonyl (C=O) groups is 3. The molecule has 1 fully saturated rings. The van der Waals surface area contributed by atoms with Crippen LogP contribution in [0.5, 0.6) is 0 Å². The molecule has 140 valence electrons. The van der Waals surface area contributed by atoms with Crippen molar-refractivity contribution in [3.05, 3.63) is 64.2 Å². The average Bonchev–Trinajstić information content (AvgIpc) is 3.11. The Morgan fingerprint density at radius 1 is 1.19 bits per heavy atom. The van der Waals surface area contributed by atoms with Crippen molar-refractivity contribution in [2.75, 3.05) is 18.6 Å². The van der Waals surface area contributed by atoms with E-state index in [1.807, 2.05) is 0 Å². The third-order valence-corrected chi connectivity index (χ3v) is 4.63. The van der Waals surface area contributed by atoms with Crippen molar-refractivity contribution in [3.8, 4) is 0 Å². The maximum Gasteiger partial charge on any atom is 0.337 e. The summed E-state index contributed by atoms with van der Waals surface area (Å²) >= 11 is 6.07. The summed E-state index contributed by atoms with van der Waals surface area (Å²) in [6, 6.07) is 11.7. The zero-order valence-electron chi connectivity index (χ0n) is 14.8. The number of amides is 2. The van der Waals surface area contributed by atoms with Gasteiger partial charge < -0.3 is 15.0 Å². The predicted molar refractivity (Wildman–Crippen MR) is 102 cm³/mol. The molecule has 0 spiro atoms. The topological polar surface area (TPSA) is 75.7 Å². The number of carbonyl (C=O) groups excluding carboxylic acids is 3. The Hall–Kier alpha value is -2.86. The normalized spacial score (nSPS) is 13.6. The number of anilines is 1. The first-order chi connectivity index (χ1) is 13.0. The monoisotopic (exact) mass is 386 g/mol. The number of halogens is 1. The van der Waals surface area contributed by atoms with Crippen molar-refractivity contribution in [1.29, 1.82) is 0 Å². The quantitative estimate of drug-likeness (QED) is 0.801. The minimum absolute atomic E-state index is 0.00952. The van der Waals surface area contributed by atoms with Gasteiger partial charge in [-0.05, 0) is 42.3 Å². The lowest BCUT2D eigenvalue weighted by molar-refractivity contribution is -0.117. The van der Waals surface area contributed by atoms with Gasteiger partial charge in [-0.3, -0.25) is 9.59 Å². The molecule has 0 aromatic heterocycles. The van der Waals surface area contributed by atoms with Gasteiger partial charge in [0.1, 0.15) is 0 Å². The molecular weight excluding hydrogens is 368 g/mol. The number of hydrogen-bond acceptors (Lipinski definition) is 4. The molecule has 2 aromatic carbocycles. The van der Waals surface area contributed by atoms with E-state index in [2.05, 4.69) is 10.1 Å². The fourth-order valence-electron chi connectivity index (χ4n) is 2.98. The molecule has 0 saturated carbocycles. The van der Waals surface area contributed by atoms with E-state index >= 15 is 0 Å². The lowest BCUT2D eigenvalue weighted by Crippen LogP contribution is -2.29. The summed E-state index contributed by atoms with van der Waals surface area (Å²) in [6.45, 7) is 0.866. The zero-order valence-corrected chi connectivity index (χ0v) is 15.6. The SMILES string of the molecule is COC(=O)c1ccc(CNC(=O)c2ccc(Cl)cc2N2CCCC2=O)cc1. The molecule has 1 saturated heterocycles. The van der Waals surface area contributed by atoms with Gasteiger partial charge in [0.15, 0.2) is 0 Å². The first-order valence-corrected chi connectivity index (χ1v) is 8.93. The zero-order chi connectivity index (χ0) is 19.4. The van der Waals surface area contributed by atoms with Gasteiger partial charge >= 0.3 is 5.97 Å². The standard InChI is InChI=1S/C20H19ClN2O4/c1-27-20(26)14-6-4-13(5-7-14)12-22-19(25)16-9-8-15(21)11-17(16)23-10-2-3-18(23)24/h4-9,11H,2-3,10,12H2,1H3,(H,22,25). The summed E-state index contributed by atoms with van der Waals surface area (Å²) in [4.78, 5) is 37.8. The summed E-state index contributed by atoms with van der Waals surface area (Å²) in [7, 11) is 1.32. The van der Waals surface area contributed by atoms with Crippen LogP contribution in [0.2, 0.25) is 5.02 Å². The minimum Gasteiger partial charge on any atom is -0.465 e. The largest absolute Gasteiger partial charge is 0.465 e. The van der Waals surface area contributed by atoms with Gasteiger partial charge in [-0.1, -0.05) is 23.7 Å². The number of esters is 1. The van der Waals surface area contributed by atoms with Crippen LogP contribution in [0.25, 0.3) is 0 Å². The van der Waals surface area contributed by atoms with Gasteiger partial charge in [0.2, 0.25) is 5.91 Å². The molecule has 0 atom stereocenters. The first-order valence-electron chi connectivity index (χ1n) is 8.55. The number of rotatable bonds is 5. The lowest BCUT2D eigenvalue weighted by atomic mass is 10.1. The van der Waals surface area contributed by atoms with Crippen LogP contribution in [0, 0.1) is 0 Å². The molecule has 2 aromatic rings. The maximum atomic E-state index is 12.7. The Labute approximate surface area is 162 Å². The van der Waals surface area contributed by atoms with Crippen molar-refractivity contribution < 1.29 is 19.1 Å². The van der Waals surface area contributed by atoms with Crippen LogP contribution in [0.15, 0.2) is 42.5 Å². The molecule has 0 aliphatic carbocycles. The molecule has 0 bridgehead atoms. The van der Waals surface area contributed by atoms with Crippen molar-refractivity contribution in [2.45, 2.75) is 19.4 Å². The highest BCUT2D eigenvalue weighted by Gasteiger charge is 2.26. The molecule has 7 heteroatoms. The molecular formula is C20H19ClN2O4. The van der Waals surface area contributed by atoms with E-state index in [1.165, 1.54) is 7.11 Å². The second-order valence-corrected chi connectivity index (χ2v) is 6.62. The Kier molecular flexibility index (Phi) is 5.76. The van der Waals surface area contributed by atoms with E-state index in [9.17, 15) is 14.4 Å². The molecule has 2 amide bonds. The van der Waals surface area contributed by atoms with E-state index in [0.29, 0.717) is 34.8 Å². The molecule has 0 radical (unpaired) electrons. The number of hydrogen-bond donors (Lipinski definition) is 1. The second kappa shape index (κ2) is 8.22. The van der Waals surface area contributed by atoms with Gasteiger partial charge in [0, 0.05) is 24.5 Å². The van der Waals surface area contributed by atoms with Crippen LogP contribution in [-0.4, -0.2) is 31.4 Å². The molecule has 3 rings (SSSR count). The van der Waals surface area contributed by atoms with Gasteiger partial charge in [-0.25, -0.2) is 4.79 Å². The number of ether oxygens (including phenoxy) is 1. The number of nitrogens with zero attached hydrogens (tertiary/aromatic N) is 1. The number of methoxy groups -OCH3 is 1. The summed E-state index contributed by atoms with van der Waals surface area (Å²) in [5.41, 5.74) is 2.22.